The van der Waals surface area contributed by atoms with Crippen LogP contribution >= 0.6 is 23.1 Å². The van der Waals surface area contributed by atoms with Gasteiger partial charge in [0, 0.05) is 0 Å². The van der Waals surface area contributed by atoms with E-state index in [1.807, 2.05) is 30.5 Å². The summed E-state index contributed by atoms with van der Waals surface area (Å²) in [5, 5.41) is 11.1. The lowest BCUT2D eigenvalue weighted by atomic mass is 10.0. The molecule has 0 aliphatic rings. The maximum Gasteiger partial charge on any atom is 0.266 e. The van der Waals surface area contributed by atoms with E-state index in [1.54, 1.807) is 6.92 Å². The standard InChI is InChI=1S/C15H19N3O2S2/c1-9(2)11-7-5-6-8-12(11)20-10(3)13(19)16-14-17-18-15(21-4)22-14/h5-10H,1-4H3,(H,16,17,19)/t10-/m1/s1. The van der Waals surface area contributed by atoms with E-state index in [0.717, 1.165) is 15.7 Å². The lowest BCUT2D eigenvalue weighted by Gasteiger charge is -2.18. The van der Waals surface area contributed by atoms with Crippen LogP contribution in [0.25, 0.3) is 0 Å². The van der Waals surface area contributed by atoms with Gasteiger partial charge in [-0.3, -0.25) is 10.1 Å². The number of hydrogen-bond acceptors (Lipinski definition) is 6. The van der Waals surface area contributed by atoms with Crippen LogP contribution in [0.3, 0.4) is 0 Å². The summed E-state index contributed by atoms with van der Waals surface area (Å²) < 4.78 is 6.63. The zero-order chi connectivity index (χ0) is 16.1. The van der Waals surface area contributed by atoms with Gasteiger partial charge in [0.15, 0.2) is 10.4 Å². The van der Waals surface area contributed by atoms with Gasteiger partial charge >= 0.3 is 0 Å². The van der Waals surface area contributed by atoms with Crippen LogP contribution in [0, 0.1) is 0 Å². The minimum absolute atomic E-state index is 0.234. The van der Waals surface area contributed by atoms with Crippen LogP contribution in [0.1, 0.15) is 32.3 Å². The molecule has 2 aromatic rings. The molecule has 0 spiro atoms. The predicted molar refractivity (Wildman–Crippen MR) is 90.9 cm³/mol. The molecule has 2 rings (SSSR count). The fraction of sp³-hybridized carbons (Fsp3) is 0.400. The molecule has 1 amide bonds. The quantitative estimate of drug-likeness (QED) is 0.642. The number of thioether (sulfide) groups is 1. The highest BCUT2D eigenvalue weighted by molar-refractivity contribution is 8.00. The molecular formula is C15H19N3O2S2. The van der Waals surface area contributed by atoms with Gasteiger partial charge in [-0.1, -0.05) is 55.1 Å². The average molecular weight is 337 g/mol. The number of benzene rings is 1. The molecule has 0 aliphatic carbocycles. The van der Waals surface area contributed by atoms with E-state index in [2.05, 4.69) is 29.4 Å². The number of nitrogens with one attached hydrogen (secondary N) is 1. The summed E-state index contributed by atoms with van der Waals surface area (Å²) in [6.07, 6.45) is 1.31. The van der Waals surface area contributed by atoms with Crippen LogP contribution in [-0.4, -0.2) is 28.5 Å². The van der Waals surface area contributed by atoms with Crippen molar-refractivity contribution >= 4 is 34.1 Å². The molecule has 7 heteroatoms. The van der Waals surface area contributed by atoms with Crippen LogP contribution in [0.15, 0.2) is 28.6 Å². The number of ether oxygens (including phenoxy) is 1. The first-order valence-electron chi connectivity index (χ1n) is 6.95. The van der Waals surface area contributed by atoms with Gasteiger partial charge in [0.05, 0.1) is 0 Å². The van der Waals surface area contributed by atoms with Gasteiger partial charge < -0.3 is 4.74 Å². The molecule has 1 aromatic carbocycles. The first-order chi connectivity index (χ1) is 10.5. The van der Waals surface area contributed by atoms with Crippen molar-refractivity contribution in [2.75, 3.05) is 11.6 Å². The summed E-state index contributed by atoms with van der Waals surface area (Å²) in [5.41, 5.74) is 1.09. The Hall–Kier alpha value is -1.60. The minimum Gasteiger partial charge on any atom is -0.481 e. The fourth-order valence-electron chi connectivity index (χ4n) is 1.86. The number of carbonyl (C=O) groups is 1. The number of anilines is 1. The summed E-state index contributed by atoms with van der Waals surface area (Å²) in [6.45, 7) is 5.92. The van der Waals surface area contributed by atoms with E-state index < -0.39 is 6.10 Å². The summed E-state index contributed by atoms with van der Waals surface area (Å²) in [5.74, 6) is 0.836. The third-order valence-electron chi connectivity index (χ3n) is 3.03. The number of hydrogen-bond donors (Lipinski definition) is 1. The van der Waals surface area contributed by atoms with E-state index in [1.165, 1.54) is 23.1 Å². The SMILES string of the molecule is CSc1nnc(NC(=O)[C@@H](C)Oc2ccccc2C(C)C)s1. The molecule has 1 heterocycles. The monoisotopic (exact) mass is 337 g/mol. The van der Waals surface area contributed by atoms with Crippen molar-refractivity contribution in [3.63, 3.8) is 0 Å². The summed E-state index contributed by atoms with van der Waals surface area (Å²) in [7, 11) is 0. The molecule has 5 nitrogen and oxygen atoms in total. The molecule has 0 radical (unpaired) electrons. The van der Waals surface area contributed by atoms with Crippen molar-refractivity contribution in [3.8, 4) is 5.75 Å². The number of aromatic nitrogens is 2. The van der Waals surface area contributed by atoms with Gasteiger partial charge in [-0.25, -0.2) is 0 Å². The van der Waals surface area contributed by atoms with Crippen molar-refractivity contribution in [2.24, 2.45) is 0 Å². The second kappa shape index (κ2) is 7.60. The first-order valence-corrected chi connectivity index (χ1v) is 8.99. The van der Waals surface area contributed by atoms with Gasteiger partial charge in [0.25, 0.3) is 5.91 Å². The van der Waals surface area contributed by atoms with E-state index in [9.17, 15) is 4.79 Å². The molecule has 0 saturated carbocycles. The van der Waals surface area contributed by atoms with Crippen LogP contribution in [0.4, 0.5) is 5.13 Å². The van der Waals surface area contributed by atoms with Crippen molar-refractivity contribution in [2.45, 2.75) is 37.1 Å². The highest BCUT2D eigenvalue weighted by Crippen LogP contribution is 2.27. The van der Waals surface area contributed by atoms with Crippen molar-refractivity contribution in [1.29, 1.82) is 0 Å². The van der Waals surface area contributed by atoms with Gasteiger partial charge in [-0.15, -0.1) is 10.2 Å². The molecule has 0 unspecified atom stereocenters. The molecule has 1 aromatic heterocycles. The van der Waals surface area contributed by atoms with Crippen molar-refractivity contribution < 1.29 is 9.53 Å². The summed E-state index contributed by atoms with van der Waals surface area (Å²) in [4.78, 5) is 12.2. The second-order valence-electron chi connectivity index (χ2n) is 5.02. The molecular weight excluding hydrogens is 318 g/mol. The van der Waals surface area contributed by atoms with E-state index in [0.29, 0.717) is 11.0 Å². The Morgan fingerprint density at radius 1 is 1.27 bits per heavy atom. The number of nitrogens with zero attached hydrogens (tertiary/aromatic N) is 2. The Kier molecular flexibility index (Phi) is 5.79. The highest BCUT2D eigenvalue weighted by atomic mass is 32.2. The van der Waals surface area contributed by atoms with Crippen LogP contribution in [-0.2, 0) is 4.79 Å². The predicted octanol–water partition coefficient (Wildman–Crippen LogP) is 3.79. The van der Waals surface area contributed by atoms with Crippen LogP contribution < -0.4 is 10.1 Å². The molecule has 0 saturated heterocycles. The van der Waals surface area contributed by atoms with Crippen molar-refractivity contribution in [3.05, 3.63) is 29.8 Å². The zero-order valence-corrected chi connectivity index (χ0v) is 14.6. The molecule has 22 heavy (non-hydrogen) atoms. The molecule has 1 N–H and O–H groups in total. The number of amides is 1. The normalized spacial score (nSPS) is 12.2. The summed E-state index contributed by atoms with van der Waals surface area (Å²) >= 11 is 2.84. The van der Waals surface area contributed by atoms with Crippen molar-refractivity contribution in [1.82, 2.24) is 10.2 Å². The molecule has 0 aliphatic heterocycles. The van der Waals surface area contributed by atoms with Gasteiger partial charge in [0.1, 0.15) is 5.75 Å². The lowest BCUT2D eigenvalue weighted by molar-refractivity contribution is -0.122. The van der Waals surface area contributed by atoms with Gasteiger partial charge in [-0.2, -0.15) is 0 Å². The Morgan fingerprint density at radius 3 is 2.64 bits per heavy atom. The zero-order valence-electron chi connectivity index (χ0n) is 13.0. The van der Waals surface area contributed by atoms with Crippen LogP contribution in [0.5, 0.6) is 5.75 Å². The smallest absolute Gasteiger partial charge is 0.266 e. The third kappa shape index (κ3) is 4.20. The van der Waals surface area contributed by atoms with Gasteiger partial charge in [-0.05, 0) is 30.7 Å². The Labute approximate surface area is 138 Å². The largest absolute Gasteiger partial charge is 0.481 e. The summed E-state index contributed by atoms with van der Waals surface area (Å²) in [6, 6.07) is 7.77. The Bertz CT molecular complexity index is 643. The Balaban J connectivity index is 2.02. The highest BCUT2D eigenvalue weighted by Gasteiger charge is 2.18. The third-order valence-corrected chi connectivity index (χ3v) is 4.84. The first kappa shape index (κ1) is 16.8. The second-order valence-corrected chi connectivity index (χ2v) is 7.05. The number of para-hydroxylation sites is 1. The van der Waals surface area contributed by atoms with E-state index >= 15 is 0 Å². The molecule has 0 bridgehead atoms. The molecule has 118 valence electrons. The Morgan fingerprint density at radius 2 is 2.00 bits per heavy atom. The van der Waals surface area contributed by atoms with Crippen LogP contribution in [0.2, 0.25) is 0 Å². The minimum atomic E-state index is -0.610. The van der Waals surface area contributed by atoms with E-state index in [-0.39, 0.29) is 5.91 Å². The van der Waals surface area contributed by atoms with E-state index in [4.69, 9.17) is 4.74 Å². The topological polar surface area (TPSA) is 64.1 Å². The van der Waals surface area contributed by atoms with Gasteiger partial charge in [0.2, 0.25) is 5.13 Å². The average Bonchev–Trinajstić information content (AvgIpc) is 2.95. The molecule has 0 fully saturated rings. The number of carbonyl (C=O) groups excluding carboxylic acids is 1. The molecule has 1 atom stereocenters. The maximum atomic E-state index is 12.2. The lowest BCUT2D eigenvalue weighted by Crippen LogP contribution is -2.30. The number of rotatable bonds is 6. The maximum absolute atomic E-state index is 12.2. The fourth-order valence-corrected chi connectivity index (χ4v) is 3.03.